The Kier molecular flexibility index (Phi) is 10.8. The fraction of sp³-hybridized carbons (Fsp3) is 0.300. The van der Waals surface area contributed by atoms with E-state index in [1.165, 1.54) is 0 Å². The minimum absolute atomic E-state index is 0.185. The molecule has 0 unspecified atom stereocenters. The van der Waals surface area contributed by atoms with E-state index in [0.29, 0.717) is 60.7 Å². The molecule has 0 atom stereocenters. The maximum atomic E-state index is 13.1. The second kappa shape index (κ2) is 15.1. The molecule has 2 aromatic carbocycles. The third-order valence-corrected chi connectivity index (χ3v) is 6.81. The molecule has 4 aromatic rings. The number of hydrogen-bond acceptors (Lipinski definition) is 5. The SMILES string of the molecule is CN=C(NC)NCCCNC(=O)c1ccc2[nH]c(C(=O)Nc3ccc4[nH]c(C(=O)NCCNC(=NC)NC)cc4c3)cc2c1. The van der Waals surface area contributed by atoms with Crippen molar-refractivity contribution in [2.75, 3.05) is 59.7 Å². The van der Waals surface area contributed by atoms with E-state index in [4.69, 9.17) is 0 Å². The molecule has 0 saturated heterocycles. The molecular formula is C30H39N11O3. The first-order chi connectivity index (χ1) is 21.3. The quantitative estimate of drug-likeness (QED) is 0.0704. The molecule has 2 aromatic heterocycles. The van der Waals surface area contributed by atoms with E-state index in [1.54, 1.807) is 70.7 Å². The van der Waals surface area contributed by atoms with E-state index < -0.39 is 0 Å². The molecule has 44 heavy (non-hydrogen) atoms. The van der Waals surface area contributed by atoms with Gasteiger partial charge in [0.1, 0.15) is 11.4 Å². The highest BCUT2D eigenvalue weighted by atomic mass is 16.2. The first-order valence-electron chi connectivity index (χ1n) is 14.2. The van der Waals surface area contributed by atoms with Crippen molar-refractivity contribution in [2.45, 2.75) is 6.42 Å². The molecule has 14 nitrogen and oxygen atoms in total. The van der Waals surface area contributed by atoms with Gasteiger partial charge < -0.3 is 47.2 Å². The highest BCUT2D eigenvalue weighted by molar-refractivity contribution is 6.08. The number of aromatic amines is 2. The Morgan fingerprint density at radius 3 is 1.84 bits per heavy atom. The minimum Gasteiger partial charge on any atom is -0.359 e. The Morgan fingerprint density at radius 2 is 1.18 bits per heavy atom. The molecular weight excluding hydrogens is 562 g/mol. The number of rotatable bonds is 11. The maximum absolute atomic E-state index is 13.1. The Hall–Kier alpha value is -5.53. The van der Waals surface area contributed by atoms with Gasteiger partial charge in [-0.15, -0.1) is 0 Å². The van der Waals surface area contributed by atoms with Gasteiger partial charge in [-0.1, -0.05) is 0 Å². The number of carbonyl (C=O) groups is 3. The number of guanidine groups is 2. The monoisotopic (exact) mass is 601 g/mol. The van der Waals surface area contributed by atoms with Crippen molar-refractivity contribution >= 4 is 57.1 Å². The summed E-state index contributed by atoms with van der Waals surface area (Å²) in [4.78, 5) is 52.6. The number of amides is 3. The second-order valence-corrected chi connectivity index (χ2v) is 9.79. The molecule has 0 saturated carbocycles. The van der Waals surface area contributed by atoms with Crippen LogP contribution in [0, 0.1) is 0 Å². The van der Waals surface area contributed by atoms with Crippen molar-refractivity contribution in [3.8, 4) is 0 Å². The van der Waals surface area contributed by atoms with Crippen LogP contribution in [0.4, 0.5) is 5.69 Å². The van der Waals surface area contributed by atoms with Crippen LogP contribution in [-0.2, 0) is 0 Å². The number of hydrogen-bond donors (Lipinski definition) is 9. The van der Waals surface area contributed by atoms with Crippen LogP contribution in [0.3, 0.4) is 0 Å². The highest BCUT2D eigenvalue weighted by Gasteiger charge is 2.14. The van der Waals surface area contributed by atoms with E-state index in [1.807, 2.05) is 6.07 Å². The summed E-state index contributed by atoms with van der Waals surface area (Å²) in [6.45, 7) is 2.11. The van der Waals surface area contributed by atoms with E-state index in [-0.39, 0.29) is 17.7 Å². The fourth-order valence-corrected chi connectivity index (χ4v) is 4.54. The molecule has 4 rings (SSSR count). The van der Waals surface area contributed by atoms with Gasteiger partial charge >= 0.3 is 0 Å². The highest BCUT2D eigenvalue weighted by Crippen LogP contribution is 2.22. The number of benzene rings is 2. The molecule has 14 heteroatoms. The van der Waals surface area contributed by atoms with E-state index >= 15 is 0 Å². The van der Waals surface area contributed by atoms with Gasteiger partial charge in [-0.3, -0.25) is 24.4 Å². The summed E-state index contributed by atoms with van der Waals surface area (Å²) >= 11 is 0. The predicted molar refractivity (Wildman–Crippen MR) is 175 cm³/mol. The van der Waals surface area contributed by atoms with E-state index in [0.717, 1.165) is 28.2 Å². The largest absolute Gasteiger partial charge is 0.359 e. The van der Waals surface area contributed by atoms with Crippen LogP contribution in [-0.4, -0.2) is 94.0 Å². The number of carbonyl (C=O) groups excluding carboxylic acids is 3. The first kappa shape index (κ1) is 31.4. The number of aromatic nitrogens is 2. The van der Waals surface area contributed by atoms with Crippen molar-refractivity contribution in [1.82, 2.24) is 41.9 Å². The summed E-state index contributed by atoms with van der Waals surface area (Å²) < 4.78 is 0. The van der Waals surface area contributed by atoms with Gasteiger partial charge in [-0.2, -0.15) is 0 Å². The molecule has 0 bridgehead atoms. The molecule has 0 aliphatic heterocycles. The molecule has 9 N–H and O–H groups in total. The van der Waals surface area contributed by atoms with Crippen LogP contribution in [0.1, 0.15) is 37.8 Å². The maximum Gasteiger partial charge on any atom is 0.272 e. The Labute approximate surface area is 255 Å². The number of anilines is 1. The summed E-state index contributed by atoms with van der Waals surface area (Å²) in [5, 5.41) is 22.3. The number of aliphatic imine (C=N–C) groups is 2. The van der Waals surface area contributed by atoms with Crippen LogP contribution in [0.5, 0.6) is 0 Å². The minimum atomic E-state index is -0.326. The molecule has 0 spiro atoms. The Morgan fingerprint density at radius 1 is 0.636 bits per heavy atom. The molecule has 0 radical (unpaired) electrons. The van der Waals surface area contributed by atoms with Crippen LogP contribution in [0.2, 0.25) is 0 Å². The zero-order chi connectivity index (χ0) is 31.5. The van der Waals surface area contributed by atoms with Crippen LogP contribution < -0.4 is 37.2 Å². The average Bonchev–Trinajstić information content (AvgIpc) is 3.67. The van der Waals surface area contributed by atoms with Crippen molar-refractivity contribution in [2.24, 2.45) is 9.98 Å². The van der Waals surface area contributed by atoms with Crippen molar-refractivity contribution in [1.29, 1.82) is 0 Å². The summed E-state index contributed by atoms with van der Waals surface area (Å²) in [6, 6.07) is 14.1. The van der Waals surface area contributed by atoms with E-state index in [9.17, 15) is 14.4 Å². The zero-order valence-electron chi connectivity index (χ0n) is 25.3. The van der Waals surface area contributed by atoms with Crippen molar-refractivity contribution in [3.63, 3.8) is 0 Å². The van der Waals surface area contributed by atoms with Gasteiger partial charge in [0.05, 0.1) is 0 Å². The standard InChI is InChI=1S/C30H39N11O3/c1-31-29(32-2)37-11-5-10-35-26(42)18-6-8-22-19(14-18)16-25(41-22)28(44)39-21-7-9-23-20(15-21)17-24(40-23)27(43)36-12-13-38-30(33-3)34-4/h6-9,14-17,40-41H,5,10-13H2,1-4H3,(H,35,42)(H,36,43)(H,39,44)(H2,31,32,37)(H2,33,34,38). The molecule has 3 amide bonds. The molecule has 232 valence electrons. The topological polar surface area (TPSA) is 192 Å². The number of fused-ring (bicyclic) bond motifs is 2. The lowest BCUT2D eigenvalue weighted by atomic mass is 10.1. The third kappa shape index (κ3) is 8.06. The van der Waals surface area contributed by atoms with Gasteiger partial charge in [0.15, 0.2) is 11.9 Å². The number of nitrogens with one attached hydrogen (secondary N) is 9. The van der Waals surface area contributed by atoms with E-state index in [2.05, 4.69) is 57.2 Å². The summed E-state index contributed by atoms with van der Waals surface area (Å²) in [7, 11) is 6.92. The summed E-state index contributed by atoms with van der Waals surface area (Å²) in [6.07, 6.45) is 0.733. The molecule has 2 heterocycles. The predicted octanol–water partition coefficient (Wildman–Crippen LogP) is 1.34. The molecule has 0 aliphatic rings. The Bertz CT molecular complexity index is 1690. The van der Waals surface area contributed by atoms with Crippen LogP contribution in [0.15, 0.2) is 58.5 Å². The van der Waals surface area contributed by atoms with Crippen LogP contribution >= 0.6 is 0 Å². The van der Waals surface area contributed by atoms with Gasteiger partial charge in [0.25, 0.3) is 17.7 Å². The van der Waals surface area contributed by atoms with Crippen molar-refractivity contribution in [3.05, 3.63) is 65.5 Å². The van der Waals surface area contributed by atoms with Gasteiger partial charge in [0, 0.05) is 87.4 Å². The Balaban J connectivity index is 1.32. The second-order valence-electron chi connectivity index (χ2n) is 9.79. The molecule has 0 fully saturated rings. The number of nitrogens with zero attached hydrogens (tertiary/aromatic N) is 2. The van der Waals surface area contributed by atoms with Crippen molar-refractivity contribution < 1.29 is 14.4 Å². The lowest BCUT2D eigenvalue weighted by Crippen LogP contribution is -2.40. The smallest absolute Gasteiger partial charge is 0.272 e. The lowest BCUT2D eigenvalue weighted by Gasteiger charge is -2.09. The summed E-state index contributed by atoms with van der Waals surface area (Å²) in [5.41, 5.74) is 3.38. The summed E-state index contributed by atoms with van der Waals surface area (Å²) in [5.74, 6) is 0.589. The third-order valence-electron chi connectivity index (χ3n) is 6.81. The fourth-order valence-electron chi connectivity index (χ4n) is 4.54. The van der Waals surface area contributed by atoms with Gasteiger partial charge in [0.2, 0.25) is 0 Å². The zero-order valence-corrected chi connectivity index (χ0v) is 25.3. The first-order valence-corrected chi connectivity index (χ1v) is 14.2. The lowest BCUT2D eigenvalue weighted by molar-refractivity contribution is 0.0943. The van der Waals surface area contributed by atoms with Crippen LogP contribution in [0.25, 0.3) is 21.8 Å². The van der Waals surface area contributed by atoms with Gasteiger partial charge in [-0.05, 0) is 55.0 Å². The number of H-pyrrole nitrogens is 2. The normalized spacial score (nSPS) is 11.7. The van der Waals surface area contributed by atoms with Gasteiger partial charge in [-0.25, -0.2) is 0 Å². The average molecular weight is 602 g/mol. The molecule has 0 aliphatic carbocycles.